The number of hydrogen-bond acceptors (Lipinski definition) is 3. The van der Waals surface area contributed by atoms with Crippen LogP contribution in [0.25, 0.3) is 0 Å². The largest absolute Gasteiger partial charge is 0.497 e. The Bertz CT molecular complexity index is 354. The molecule has 0 spiro atoms. The van der Waals surface area contributed by atoms with Crippen LogP contribution in [0.4, 0.5) is 0 Å². The van der Waals surface area contributed by atoms with E-state index in [1.165, 1.54) is 5.56 Å². The summed E-state index contributed by atoms with van der Waals surface area (Å²) in [6, 6.07) is 8.45. The molecular weight excluding hydrogens is 202 g/mol. The zero-order chi connectivity index (χ0) is 11.5. The van der Waals surface area contributed by atoms with Gasteiger partial charge in [-0.3, -0.25) is 4.90 Å². The summed E-state index contributed by atoms with van der Waals surface area (Å²) in [7, 11) is 3.79. The Hall–Kier alpha value is -1.06. The number of nitrogens with zero attached hydrogens (tertiary/aromatic N) is 1. The normalized spacial score (nSPS) is 25.9. The maximum Gasteiger partial charge on any atom is 0.119 e. The quantitative estimate of drug-likeness (QED) is 0.843. The summed E-state index contributed by atoms with van der Waals surface area (Å²) >= 11 is 0. The highest BCUT2D eigenvalue weighted by atomic mass is 16.5. The lowest BCUT2D eigenvalue weighted by Gasteiger charge is -2.24. The molecule has 2 rings (SSSR count). The average molecular weight is 221 g/mol. The van der Waals surface area contributed by atoms with E-state index in [4.69, 9.17) is 4.74 Å². The number of aliphatic hydroxyl groups excluding tert-OH is 1. The number of benzene rings is 1. The molecule has 0 saturated carbocycles. The number of likely N-dealkylation sites (tertiary alicyclic amines) is 1. The van der Waals surface area contributed by atoms with Gasteiger partial charge in [0.05, 0.1) is 7.11 Å². The summed E-state index contributed by atoms with van der Waals surface area (Å²) in [6.45, 7) is 1.30. The van der Waals surface area contributed by atoms with Crippen molar-refractivity contribution in [3.8, 4) is 5.75 Å². The van der Waals surface area contributed by atoms with Crippen LogP contribution in [0.3, 0.4) is 0 Å². The highest BCUT2D eigenvalue weighted by Crippen LogP contribution is 2.36. The molecule has 2 unspecified atom stereocenters. The van der Waals surface area contributed by atoms with E-state index in [1.807, 2.05) is 12.1 Å². The van der Waals surface area contributed by atoms with Crippen molar-refractivity contribution in [1.29, 1.82) is 0 Å². The van der Waals surface area contributed by atoms with Gasteiger partial charge >= 0.3 is 0 Å². The summed E-state index contributed by atoms with van der Waals surface area (Å²) in [6.07, 6.45) is 1.06. The second-order valence-corrected chi connectivity index (χ2v) is 4.43. The standard InChI is InChI=1S/C13H19NO2/c1-14-7-6-11(9-15)13(14)10-4-3-5-12(8-10)16-2/h3-5,8,11,13,15H,6-7,9H2,1-2H3. The molecule has 1 saturated heterocycles. The van der Waals surface area contributed by atoms with Crippen LogP contribution in [0, 0.1) is 5.92 Å². The monoisotopic (exact) mass is 221 g/mol. The van der Waals surface area contributed by atoms with Gasteiger partial charge in [-0.1, -0.05) is 12.1 Å². The minimum atomic E-state index is 0.256. The Morgan fingerprint density at radius 2 is 2.31 bits per heavy atom. The van der Waals surface area contributed by atoms with Crippen molar-refractivity contribution >= 4 is 0 Å². The van der Waals surface area contributed by atoms with Gasteiger partial charge in [0, 0.05) is 18.6 Å². The zero-order valence-electron chi connectivity index (χ0n) is 9.89. The fourth-order valence-corrected chi connectivity index (χ4v) is 2.57. The number of rotatable bonds is 3. The summed E-state index contributed by atoms with van der Waals surface area (Å²) in [5.41, 5.74) is 1.23. The van der Waals surface area contributed by atoms with Crippen LogP contribution >= 0.6 is 0 Å². The van der Waals surface area contributed by atoms with Crippen molar-refractivity contribution < 1.29 is 9.84 Å². The molecule has 3 heteroatoms. The van der Waals surface area contributed by atoms with Crippen LogP contribution in [0.2, 0.25) is 0 Å². The number of aliphatic hydroxyl groups is 1. The summed E-state index contributed by atoms with van der Waals surface area (Å²) < 4.78 is 5.24. The fraction of sp³-hybridized carbons (Fsp3) is 0.538. The van der Waals surface area contributed by atoms with Gasteiger partial charge < -0.3 is 9.84 Å². The second kappa shape index (κ2) is 4.85. The number of methoxy groups -OCH3 is 1. The number of hydrogen-bond donors (Lipinski definition) is 1. The van der Waals surface area contributed by atoms with E-state index in [1.54, 1.807) is 7.11 Å². The van der Waals surface area contributed by atoms with Crippen LogP contribution in [0.15, 0.2) is 24.3 Å². The van der Waals surface area contributed by atoms with E-state index >= 15 is 0 Å². The molecule has 1 heterocycles. The first-order valence-electron chi connectivity index (χ1n) is 5.71. The third-order valence-corrected chi connectivity index (χ3v) is 3.44. The second-order valence-electron chi connectivity index (χ2n) is 4.43. The molecule has 1 aromatic rings. The minimum absolute atomic E-state index is 0.256. The molecular formula is C13H19NO2. The maximum absolute atomic E-state index is 9.38. The van der Waals surface area contributed by atoms with Gasteiger partial charge in [-0.15, -0.1) is 0 Å². The highest BCUT2D eigenvalue weighted by molar-refractivity contribution is 5.31. The van der Waals surface area contributed by atoms with Crippen molar-refractivity contribution in [2.75, 3.05) is 27.3 Å². The van der Waals surface area contributed by atoms with Crippen molar-refractivity contribution in [1.82, 2.24) is 4.90 Å². The van der Waals surface area contributed by atoms with E-state index in [2.05, 4.69) is 24.1 Å². The van der Waals surface area contributed by atoms with Gasteiger partial charge in [-0.05, 0) is 37.7 Å². The van der Waals surface area contributed by atoms with Gasteiger partial charge in [0.25, 0.3) is 0 Å². The smallest absolute Gasteiger partial charge is 0.119 e. The first-order valence-corrected chi connectivity index (χ1v) is 5.71. The van der Waals surface area contributed by atoms with Gasteiger partial charge in [-0.25, -0.2) is 0 Å². The summed E-state index contributed by atoms with van der Waals surface area (Å²) in [4.78, 5) is 2.30. The molecule has 1 aliphatic rings. The lowest BCUT2D eigenvalue weighted by atomic mass is 9.94. The van der Waals surface area contributed by atoms with Crippen LogP contribution in [0.1, 0.15) is 18.0 Å². The van der Waals surface area contributed by atoms with Gasteiger partial charge in [-0.2, -0.15) is 0 Å². The zero-order valence-corrected chi connectivity index (χ0v) is 9.89. The highest BCUT2D eigenvalue weighted by Gasteiger charge is 2.32. The molecule has 0 bridgehead atoms. The molecule has 1 aromatic carbocycles. The van der Waals surface area contributed by atoms with Gasteiger partial charge in [0.15, 0.2) is 0 Å². The van der Waals surface area contributed by atoms with E-state index in [9.17, 15) is 5.11 Å². The van der Waals surface area contributed by atoms with Crippen molar-refractivity contribution in [3.05, 3.63) is 29.8 Å². The molecule has 1 N–H and O–H groups in total. The summed E-state index contributed by atoms with van der Waals surface area (Å²) in [5.74, 6) is 1.23. The van der Waals surface area contributed by atoms with E-state index in [0.717, 1.165) is 18.7 Å². The van der Waals surface area contributed by atoms with Gasteiger partial charge in [0.2, 0.25) is 0 Å². The molecule has 0 radical (unpaired) electrons. The molecule has 1 aliphatic heterocycles. The van der Waals surface area contributed by atoms with Crippen LogP contribution in [-0.2, 0) is 0 Å². The lowest BCUT2D eigenvalue weighted by Crippen LogP contribution is -2.22. The average Bonchev–Trinajstić information content (AvgIpc) is 2.70. The maximum atomic E-state index is 9.38. The fourth-order valence-electron chi connectivity index (χ4n) is 2.57. The Labute approximate surface area is 96.6 Å². The van der Waals surface area contributed by atoms with E-state index in [-0.39, 0.29) is 6.61 Å². The van der Waals surface area contributed by atoms with Crippen LogP contribution < -0.4 is 4.74 Å². The van der Waals surface area contributed by atoms with Crippen LogP contribution in [-0.4, -0.2) is 37.3 Å². The molecule has 88 valence electrons. The molecule has 0 amide bonds. The van der Waals surface area contributed by atoms with Crippen LogP contribution in [0.5, 0.6) is 5.75 Å². The third kappa shape index (κ3) is 2.06. The Morgan fingerprint density at radius 3 is 3.00 bits per heavy atom. The SMILES string of the molecule is COc1cccc(C2C(CO)CCN2C)c1. The van der Waals surface area contributed by atoms with Crippen molar-refractivity contribution in [2.24, 2.45) is 5.92 Å². The van der Waals surface area contributed by atoms with Crippen molar-refractivity contribution in [2.45, 2.75) is 12.5 Å². The first kappa shape index (κ1) is 11.4. The number of ether oxygens (including phenoxy) is 1. The molecule has 3 nitrogen and oxygen atoms in total. The Balaban J connectivity index is 2.27. The molecule has 0 aliphatic carbocycles. The molecule has 0 aromatic heterocycles. The Morgan fingerprint density at radius 1 is 1.50 bits per heavy atom. The molecule has 1 fully saturated rings. The molecule has 16 heavy (non-hydrogen) atoms. The predicted octanol–water partition coefficient (Wildman–Crippen LogP) is 1.68. The Kier molecular flexibility index (Phi) is 3.46. The lowest BCUT2D eigenvalue weighted by molar-refractivity contribution is 0.182. The first-order chi connectivity index (χ1) is 7.76. The minimum Gasteiger partial charge on any atom is -0.497 e. The predicted molar refractivity (Wildman–Crippen MR) is 63.6 cm³/mol. The van der Waals surface area contributed by atoms with E-state index < -0.39 is 0 Å². The molecule has 2 atom stereocenters. The van der Waals surface area contributed by atoms with Gasteiger partial charge in [0.1, 0.15) is 5.75 Å². The van der Waals surface area contributed by atoms with Crippen molar-refractivity contribution in [3.63, 3.8) is 0 Å². The summed E-state index contributed by atoms with van der Waals surface area (Å²) in [5, 5.41) is 9.38. The topological polar surface area (TPSA) is 32.7 Å². The van der Waals surface area contributed by atoms with E-state index in [0.29, 0.717) is 12.0 Å². The third-order valence-electron chi connectivity index (χ3n) is 3.44.